The van der Waals surface area contributed by atoms with Gasteiger partial charge in [0.25, 0.3) is 0 Å². The van der Waals surface area contributed by atoms with Gasteiger partial charge in [-0.05, 0) is 48.4 Å². The number of para-hydroxylation sites is 3. The van der Waals surface area contributed by atoms with Gasteiger partial charge in [-0.1, -0.05) is 54.9 Å². The van der Waals surface area contributed by atoms with Crippen molar-refractivity contribution >= 4 is 34.2 Å². The Morgan fingerprint density at radius 3 is 2.60 bits per heavy atom. The molecule has 0 spiro atoms. The van der Waals surface area contributed by atoms with Crippen LogP contribution in [0.1, 0.15) is 30.7 Å². The normalized spacial score (nSPS) is 16.7. The maximum absolute atomic E-state index is 13.0. The quantitative estimate of drug-likeness (QED) is 0.369. The molecule has 1 amide bonds. The molecule has 4 aromatic rings. The van der Waals surface area contributed by atoms with Gasteiger partial charge in [0.2, 0.25) is 5.91 Å². The van der Waals surface area contributed by atoms with Crippen LogP contribution in [0.4, 0.5) is 5.69 Å². The van der Waals surface area contributed by atoms with Crippen LogP contribution in [0.5, 0.6) is 5.75 Å². The standard InChI is InChI=1S/C28H28ClN3O3/c1-2-19-11-13-21(14-12-19)31-16-20(15-27(31)34)28-30-24-8-4-5-9-25(24)32(28)17-22(33)18-35-26-10-6-3-7-23(26)29/h3-14,20,22,33H,2,15-18H2,1H3/t20-,22-/m1/s1. The van der Waals surface area contributed by atoms with Crippen LogP contribution in [0, 0.1) is 0 Å². The summed E-state index contributed by atoms with van der Waals surface area (Å²) in [6, 6.07) is 23.2. The summed E-state index contributed by atoms with van der Waals surface area (Å²) in [6.07, 6.45) is 0.562. The maximum Gasteiger partial charge on any atom is 0.227 e. The second-order valence-corrected chi connectivity index (χ2v) is 9.30. The van der Waals surface area contributed by atoms with Crippen LogP contribution in [0.3, 0.4) is 0 Å². The number of benzene rings is 3. The molecule has 1 N–H and O–H groups in total. The number of anilines is 1. The zero-order chi connectivity index (χ0) is 24.4. The average molecular weight is 490 g/mol. The molecule has 0 unspecified atom stereocenters. The SMILES string of the molecule is CCc1ccc(N2C[C@H](c3nc4ccccc4n3C[C@@H](O)COc3ccccc3Cl)CC2=O)cc1. The minimum atomic E-state index is -0.780. The van der Waals surface area contributed by atoms with Gasteiger partial charge in [-0.2, -0.15) is 0 Å². The van der Waals surface area contributed by atoms with Gasteiger partial charge in [-0.15, -0.1) is 0 Å². The van der Waals surface area contributed by atoms with Crippen molar-refractivity contribution in [2.45, 2.75) is 38.3 Å². The van der Waals surface area contributed by atoms with Crippen LogP contribution in [-0.4, -0.2) is 39.8 Å². The van der Waals surface area contributed by atoms with Crippen LogP contribution in [0.2, 0.25) is 5.02 Å². The zero-order valence-corrected chi connectivity index (χ0v) is 20.4. The molecule has 1 aromatic heterocycles. The molecule has 35 heavy (non-hydrogen) atoms. The molecule has 0 bridgehead atoms. The van der Waals surface area contributed by atoms with Crippen molar-refractivity contribution in [3.63, 3.8) is 0 Å². The fourth-order valence-electron chi connectivity index (χ4n) is 4.65. The van der Waals surface area contributed by atoms with E-state index in [2.05, 4.69) is 19.1 Å². The molecule has 5 rings (SSSR count). The maximum atomic E-state index is 13.0. The number of hydrogen-bond donors (Lipinski definition) is 1. The van der Waals surface area contributed by atoms with E-state index in [-0.39, 0.29) is 18.4 Å². The first kappa shape index (κ1) is 23.4. The van der Waals surface area contributed by atoms with E-state index in [0.29, 0.717) is 30.3 Å². The predicted octanol–water partition coefficient (Wildman–Crippen LogP) is 5.21. The van der Waals surface area contributed by atoms with Gasteiger partial charge in [-0.25, -0.2) is 4.98 Å². The number of aromatic nitrogens is 2. The Morgan fingerprint density at radius 1 is 1.09 bits per heavy atom. The van der Waals surface area contributed by atoms with E-state index < -0.39 is 6.10 Å². The summed E-state index contributed by atoms with van der Waals surface area (Å²) in [7, 11) is 0. The number of nitrogens with zero attached hydrogens (tertiary/aromatic N) is 3. The van der Waals surface area contributed by atoms with Crippen molar-refractivity contribution in [2.75, 3.05) is 18.1 Å². The number of aryl methyl sites for hydroxylation is 1. The molecule has 2 atom stereocenters. The molecule has 1 fully saturated rings. The average Bonchev–Trinajstić information content (AvgIpc) is 3.44. The smallest absolute Gasteiger partial charge is 0.227 e. The van der Waals surface area contributed by atoms with Crippen molar-refractivity contribution in [3.8, 4) is 5.75 Å². The fraction of sp³-hybridized carbons (Fsp3) is 0.286. The summed E-state index contributed by atoms with van der Waals surface area (Å²) < 4.78 is 7.78. The fourth-order valence-corrected chi connectivity index (χ4v) is 4.84. The topological polar surface area (TPSA) is 67.6 Å². The number of imidazole rings is 1. The minimum absolute atomic E-state index is 0.0718. The first-order chi connectivity index (χ1) is 17.0. The Bertz CT molecular complexity index is 1340. The number of carbonyl (C=O) groups excluding carboxylic acids is 1. The van der Waals surface area contributed by atoms with Crippen molar-refractivity contribution in [1.29, 1.82) is 0 Å². The molecule has 1 aliphatic rings. The van der Waals surface area contributed by atoms with Crippen LogP contribution in [0.25, 0.3) is 11.0 Å². The molecular formula is C28H28ClN3O3. The highest BCUT2D eigenvalue weighted by Crippen LogP contribution is 2.33. The number of amides is 1. The molecule has 6 nitrogen and oxygen atoms in total. The van der Waals surface area contributed by atoms with Gasteiger partial charge < -0.3 is 19.3 Å². The number of fused-ring (bicyclic) bond motifs is 1. The van der Waals surface area contributed by atoms with Crippen LogP contribution < -0.4 is 9.64 Å². The number of halogens is 1. The van der Waals surface area contributed by atoms with Gasteiger partial charge in [0.05, 0.1) is 22.6 Å². The summed E-state index contributed by atoms with van der Waals surface area (Å²) in [4.78, 5) is 19.7. The summed E-state index contributed by atoms with van der Waals surface area (Å²) in [5.41, 5.74) is 3.93. The molecule has 3 aromatic carbocycles. The molecule has 0 saturated carbocycles. The van der Waals surface area contributed by atoms with E-state index in [9.17, 15) is 9.90 Å². The first-order valence-corrected chi connectivity index (χ1v) is 12.3. The van der Waals surface area contributed by atoms with E-state index in [4.69, 9.17) is 21.3 Å². The number of carbonyl (C=O) groups is 1. The molecular weight excluding hydrogens is 462 g/mol. The Kier molecular flexibility index (Phi) is 6.75. The lowest BCUT2D eigenvalue weighted by Crippen LogP contribution is -2.26. The molecule has 7 heteroatoms. The highest BCUT2D eigenvalue weighted by Gasteiger charge is 2.35. The highest BCUT2D eigenvalue weighted by molar-refractivity contribution is 6.32. The zero-order valence-electron chi connectivity index (χ0n) is 19.6. The molecule has 2 heterocycles. The van der Waals surface area contributed by atoms with Crippen LogP contribution in [-0.2, 0) is 17.8 Å². The number of aliphatic hydroxyl groups excluding tert-OH is 1. The Balaban J connectivity index is 1.37. The largest absolute Gasteiger partial charge is 0.489 e. The third kappa shape index (κ3) is 4.90. The second-order valence-electron chi connectivity index (χ2n) is 8.89. The number of hydrogen-bond acceptors (Lipinski definition) is 4. The Hall–Kier alpha value is -3.35. The molecule has 0 aliphatic carbocycles. The second kappa shape index (κ2) is 10.1. The van der Waals surface area contributed by atoms with E-state index in [1.807, 2.05) is 58.0 Å². The molecule has 180 valence electrons. The lowest BCUT2D eigenvalue weighted by molar-refractivity contribution is -0.117. The van der Waals surface area contributed by atoms with Crippen molar-refractivity contribution in [2.24, 2.45) is 0 Å². The van der Waals surface area contributed by atoms with Crippen molar-refractivity contribution in [3.05, 3.63) is 89.2 Å². The highest BCUT2D eigenvalue weighted by atomic mass is 35.5. The van der Waals surface area contributed by atoms with E-state index in [0.717, 1.165) is 29.0 Å². The monoisotopic (exact) mass is 489 g/mol. The van der Waals surface area contributed by atoms with Gasteiger partial charge in [-0.3, -0.25) is 4.79 Å². The van der Waals surface area contributed by atoms with E-state index >= 15 is 0 Å². The lowest BCUT2D eigenvalue weighted by Gasteiger charge is -2.19. The van der Waals surface area contributed by atoms with Gasteiger partial charge >= 0.3 is 0 Å². The van der Waals surface area contributed by atoms with Gasteiger partial charge in [0.1, 0.15) is 24.3 Å². The summed E-state index contributed by atoms with van der Waals surface area (Å²) in [6.45, 7) is 3.07. The van der Waals surface area contributed by atoms with Gasteiger partial charge in [0, 0.05) is 24.6 Å². The Morgan fingerprint density at radius 2 is 1.83 bits per heavy atom. The summed E-state index contributed by atoms with van der Waals surface area (Å²) in [5.74, 6) is 1.36. The van der Waals surface area contributed by atoms with E-state index in [1.54, 1.807) is 12.1 Å². The van der Waals surface area contributed by atoms with Crippen molar-refractivity contribution in [1.82, 2.24) is 9.55 Å². The van der Waals surface area contributed by atoms with E-state index in [1.165, 1.54) is 5.56 Å². The lowest BCUT2D eigenvalue weighted by atomic mass is 10.1. The molecule has 1 saturated heterocycles. The van der Waals surface area contributed by atoms with Crippen LogP contribution >= 0.6 is 11.6 Å². The van der Waals surface area contributed by atoms with Gasteiger partial charge in [0.15, 0.2) is 0 Å². The molecule has 0 radical (unpaired) electrons. The minimum Gasteiger partial charge on any atom is -0.489 e. The summed E-state index contributed by atoms with van der Waals surface area (Å²) >= 11 is 6.18. The summed E-state index contributed by atoms with van der Waals surface area (Å²) in [5, 5.41) is 11.3. The van der Waals surface area contributed by atoms with Crippen LogP contribution in [0.15, 0.2) is 72.8 Å². The number of ether oxygens (including phenoxy) is 1. The number of aliphatic hydroxyl groups is 1. The third-order valence-corrected chi connectivity index (χ3v) is 6.80. The molecule has 1 aliphatic heterocycles. The third-order valence-electron chi connectivity index (χ3n) is 6.49. The van der Waals surface area contributed by atoms with Crippen molar-refractivity contribution < 1.29 is 14.6 Å². The number of rotatable bonds is 8. The Labute approximate surface area is 209 Å². The predicted molar refractivity (Wildman–Crippen MR) is 138 cm³/mol. The first-order valence-electron chi connectivity index (χ1n) is 11.9.